The Hall–Kier alpha value is -2.58. The first-order valence-corrected chi connectivity index (χ1v) is 9.44. The van der Waals surface area contributed by atoms with Gasteiger partial charge in [0.05, 0.1) is 5.02 Å². The van der Waals surface area contributed by atoms with Crippen LogP contribution in [0.2, 0.25) is 5.02 Å². The summed E-state index contributed by atoms with van der Waals surface area (Å²) in [4.78, 5) is -0.450. The molecule has 1 aromatic heterocycles. The van der Waals surface area contributed by atoms with E-state index in [9.17, 15) is 39.9 Å². The smallest absolute Gasteiger partial charge is 0.369 e. The number of hydrogen-bond donors (Lipinski definition) is 2. The predicted octanol–water partition coefficient (Wildman–Crippen LogP) is 3.99. The van der Waals surface area contributed by atoms with Crippen LogP contribution in [0, 0.1) is 0 Å². The van der Waals surface area contributed by atoms with E-state index in [1.807, 2.05) is 4.72 Å². The Labute approximate surface area is 168 Å². The summed E-state index contributed by atoms with van der Waals surface area (Å²) in [6, 6.07) is 4.09. The standard InChI is InChI=1S/C15H8ClF6N3O4S/c16-9-5-6-10(12-11(9)23-29-24-12)30(27,28)25-8-3-1-7(2-4-8)13(26,14(17,18)19)15(20,21)22/h1-6,25-26H. The second-order valence-electron chi connectivity index (χ2n) is 5.90. The van der Waals surface area contributed by atoms with Crippen molar-refractivity contribution in [3.05, 3.63) is 47.0 Å². The van der Waals surface area contributed by atoms with Crippen molar-refractivity contribution in [1.29, 1.82) is 0 Å². The zero-order valence-electron chi connectivity index (χ0n) is 14.1. The van der Waals surface area contributed by atoms with Crippen LogP contribution in [0.1, 0.15) is 5.56 Å². The van der Waals surface area contributed by atoms with E-state index in [2.05, 4.69) is 14.9 Å². The number of nitrogens with one attached hydrogen (secondary N) is 1. The summed E-state index contributed by atoms with van der Waals surface area (Å²) in [6.45, 7) is 0. The first-order valence-electron chi connectivity index (χ1n) is 7.58. The molecule has 0 spiro atoms. The summed E-state index contributed by atoms with van der Waals surface area (Å²) in [7, 11) is -4.41. The zero-order valence-corrected chi connectivity index (χ0v) is 15.7. The third-order valence-electron chi connectivity index (χ3n) is 3.99. The van der Waals surface area contributed by atoms with Gasteiger partial charge in [0, 0.05) is 11.3 Å². The van der Waals surface area contributed by atoms with E-state index in [1.54, 1.807) is 0 Å². The third-order valence-corrected chi connectivity index (χ3v) is 5.71. The first-order chi connectivity index (χ1) is 13.7. The number of anilines is 1. The van der Waals surface area contributed by atoms with Crippen LogP contribution in [0.4, 0.5) is 32.0 Å². The predicted molar refractivity (Wildman–Crippen MR) is 90.1 cm³/mol. The van der Waals surface area contributed by atoms with Crippen molar-refractivity contribution >= 4 is 38.3 Å². The Morgan fingerprint density at radius 2 is 1.43 bits per heavy atom. The second-order valence-corrected chi connectivity index (χ2v) is 7.95. The highest BCUT2D eigenvalue weighted by Crippen LogP contribution is 2.50. The van der Waals surface area contributed by atoms with E-state index in [4.69, 9.17) is 11.6 Å². The fraction of sp³-hybridized carbons (Fsp3) is 0.200. The molecule has 2 aromatic carbocycles. The van der Waals surface area contributed by atoms with Gasteiger partial charge in [-0.2, -0.15) is 26.3 Å². The lowest BCUT2D eigenvalue weighted by molar-refractivity contribution is -0.376. The molecule has 7 nitrogen and oxygen atoms in total. The van der Waals surface area contributed by atoms with Gasteiger partial charge in [0.2, 0.25) is 0 Å². The Morgan fingerprint density at radius 1 is 0.900 bits per heavy atom. The van der Waals surface area contributed by atoms with E-state index in [0.29, 0.717) is 24.3 Å². The summed E-state index contributed by atoms with van der Waals surface area (Å²) >= 11 is 5.83. The highest BCUT2D eigenvalue weighted by Gasteiger charge is 2.71. The molecule has 0 amide bonds. The second kappa shape index (κ2) is 6.99. The van der Waals surface area contributed by atoms with Gasteiger partial charge in [-0.3, -0.25) is 4.72 Å². The summed E-state index contributed by atoms with van der Waals surface area (Å²) < 4.78 is 109. The van der Waals surface area contributed by atoms with Gasteiger partial charge in [-0.1, -0.05) is 23.7 Å². The number of alkyl halides is 6. The number of rotatable bonds is 4. The highest BCUT2D eigenvalue weighted by molar-refractivity contribution is 7.93. The van der Waals surface area contributed by atoms with E-state index < -0.39 is 38.4 Å². The van der Waals surface area contributed by atoms with Crippen LogP contribution in [-0.2, 0) is 15.6 Å². The van der Waals surface area contributed by atoms with Crippen LogP contribution in [0.5, 0.6) is 0 Å². The maximum Gasteiger partial charge on any atom is 0.430 e. The van der Waals surface area contributed by atoms with Gasteiger partial charge in [-0.25, -0.2) is 13.0 Å². The highest BCUT2D eigenvalue weighted by atomic mass is 35.5. The first kappa shape index (κ1) is 22.1. The Morgan fingerprint density at radius 3 is 1.97 bits per heavy atom. The van der Waals surface area contributed by atoms with E-state index >= 15 is 0 Å². The number of aromatic nitrogens is 2. The van der Waals surface area contributed by atoms with Crippen molar-refractivity contribution in [1.82, 2.24) is 10.3 Å². The van der Waals surface area contributed by atoms with Crippen molar-refractivity contribution in [3.8, 4) is 0 Å². The van der Waals surface area contributed by atoms with E-state index in [1.165, 1.54) is 6.07 Å². The zero-order chi connectivity index (χ0) is 22.5. The fourth-order valence-electron chi connectivity index (χ4n) is 2.51. The Kier molecular flexibility index (Phi) is 5.15. The monoisotopic (exact) mass is 475 g/mol. The molecule has 162 valence electrons. The molecule has 0 fully saturated rings. The molecular formula is C15H8ClF6N3O4S. The number of hydrogen-bond acceptors (Lipinski definition) is 6. The number of nitrogens with zero attached hydrogens (tertiary/aromatic N) is 2. The summed E-state index contributed by atoms with van der Waals surface area (Å²) in [6.07, 6.45) is -12.1. The normalized spacial score (nSPS) is 13.6. The van der Waals surface area contributed by atoms with Crippen LogP contribution in [0.3, 0.4) is 0 Å². The van der Waals surface area contributed by atoms with Gasteiger partial charge in [0.1, 0.15) is 4.90 Å². The molecule has 3 aromatic rings. The topological polar surface area (TPSA) is 105 Å². The van der Waals surface area contributed by atoms with Gasteiger partial charge < -0.3 is 5.11 Å². The number of fused-ring (bicyclic) bond motifs is 1. The largest absolute Gasteiger partial charge is 0.430 e. The van der Waals surface area contributed by atoms with Gasteiger partial charge in [0.15, 0.2) is 11.0 Å². The van der Waals surface area contributed by atoms with Gasteiger partial charge >= 0.3 is 12.4 Å². The molecule has 0 aliphatic heterocycles. The molecule has 0 radical (unpaired) electrons. The lowest BCUT2D eigenvalue weighted by atomic mass is 9.92. The van der Waals surface area contributed by atoms with Crippen molar-refractivity contribution < 1.29 is 44.5 Å². The molecule has 0 atom stereocenters. The third kappa shape index (κ3) is 3.54. The summed E-state index contributed by atoms with van der Waals surface area (Å²) in [5.74, 6) is 0. The SMILES string of the molecule is O=S(=O)(Nc1ccc(C(O)(C(F)(F)F)C(F)(F)F)cc1)c1ccc(Cl)c2nonc12. The summed E-state index contributed by atoms with van der Waals surface area (Å²) in [5, 5.41) is 16.2. The lowest BCUT2D eigenvalue weighted by Gasteiger charge is -2.32. The van der Waals surface area contributed by atoms with Crippen LogP contribution in [0.15, 0.2) is 45.9 Å². The number of halogens is 7. The van der Waals surface area contributed by atoms with Gasteiger partial charge in [-0.15, -0.1) is 0 Å². The summed E-state index contributed by atoms with van der Waals surface area (Å²) in [5.41, 5.74) is -7.37. The molecule has 2 N–H and O–H groups in total. The molecular weight excluding hydrogens is 468 g/mol. The fourth-order valence-corrected chi connectivity index (χ4v) is 3.89. The molecule has 0 bridgehead atoms. The number of benzene rings is 2. The van der Waals surface area contributed by atoms with Crippen LogP contribution in [-0.4, -0.2) is 36.2 Å². The minimum Gasteiger partial charge on any atom is -0.369 e. The molecule has 0 saturated heterocycles. The molecule has 0 aliphatic carbocycles. The minimum atomic E-state index is -6.07. The maximum atomic E-state index is 12.9. The quantitative estimate of drug-likeness (QED) is 0.553. The molecule has 1 heterocycles. The maximum absolute atomic E-state index is 12.9. The van der Waals surface area contributed by atoms with Crippen LogP contribution in [0.25, 0.3) is 11.0 Å². The van der Waals surface area contributed by atoms with Crippen LogP contribution < -0.4 is 4.72 Å². The average Bonchev–Trinajstić information content (AvgIpc) is 3.10. The van der Waals surface area contributed by atoms with Crippen molar-refractivity contribution in [3.63, 3.8) is 0 Å². The van der Waals surface area contributed by atoms with Gasteiger partial charge in [0.25, 0.3) is 15.6 Å². The van der Waals surface area contributed by atoms with E-state index in [0.717, 1.165) is 6.07 Å². The molecule has 0 aliphatic rings. The Bertz CT molecular complexity index is 1180. The van der Waals surface area contributed by atoms with Crippen LogP contribution >= 0.6 is 11.6 Å². The Balaban J connectivity index is 1.97. The van der Waals surface area contributed by atoms with E-state index in [-0.39, 0.29) is 21.7 Å². The average molecular weight is 476 g/mol. The van der Waals surface area contributed by atoms with Crippen molar-refractivity contribution in [2.24, 2.45) is 0 Å². The molecule has 30 heavy (non-hydrogen) atoms. The van der Waals surface area contributed by atoms with Gasteiger partial charge in [-0.05, 0) is 34.6 Å². The lowest BCUT2D eigenvalue weighted by Crippen LogP contribution is -2.53. The molecule has 15 heteroatoms. The molecule has 0 unspecified atom stereocenters. The number of sulfonamides is 1. The molecule has 3 rings (SSSR count). The van der Waals surface area contributed by atoms with Crippen molar-refractivity contribution in [2.75, 3.05) is 4.72 Å². The molecule has 0 saturated carbocycles. The minimum absolute atomic E-state index is 0.0353. The number of aliphatic hydroxyl groups is 1. The van der Waals surface area contributed by atoms with Crippen molar-refractivity contribution in [2.45, 2.75) is 22.8 Å².